The molecular weight excluding hydrogens is 273 g/mol. The van der Waals surface area contributed by atoms with Gasteiger partial charge in [0.1, 0.15) is 6.67 Å². The Morgan fingerprint density at radius 1 is 1.32 bits per heavy atom. The minimum atomic E-state index is -0.734. The Morgan fingerprint density at radius 3 is 2.58 bits per heavy atom. The third kappa shape index (κ3) is 2.85. The topological polar surface area (TPSA) is 65.0 Å². The number of nitrogens with zero attached hydrogens (tertiary/aromatic N) is 3. The molecule has 0 unspecified atom stereocenters. The Kier molecular flexibility index (Phi) is 4.01. The van der Waals surface area contributed by atoms with Crippen molar-refractivity contribution in [2.75, 3.05) is 7.11 Å². The number of hydrogen-bond donors (Lipinski definition) is 0. The summed E-state index contributed by atoms with van der Waals surface area (Å²) in [5, 5.41) is 0.192. The molecular formula is C12H9ClFN3O2. The molecule has 0 aromatic carbocycles. The number of carbonyl (C=O) groups excluding carboxylic acids is 1. The van der Waals surface area contributed by atoms with E-state index in [1.165, 1.54) is 31.8 Å². The first-order valence-corrected chi connectivity index (χ1v) is 5.64. The molecule has 0 saturated heterocycles. The van der Waals surface area contributed by atoms with Crippen LogP contribution in [-0.4, -0.2) is 28.0 Å². The number of pyridine rings is 1. The van der Waals surface area contributed by atoms with Gasteiger partial charge in [-0.25, -0.2) is 19.2 Å². The van der Waals surface area contributed by atoms with E-state index in [-0.39, 0.29) is 16.4 Å². The molecule has 7 heteroatoms. The highest BCUT2D eigenvalue weighted by Gasteiger charge is 2.13. The number of aromatic nitrogens is 3. The number of rotatable bonds is 3. The van der Waals surface area contributed by atoms with Gasteiger partial charge in [0, 0.05) is 24.2 Å². The van der Waals surface area contributed by atoms with E-state index in [2.05, 4.69) is 19.7 Å². The molecule has 2 aromatic heterocycles. The number of esters is 1. The van der Waals surface area contributed by atoms with Crippen LogP contribution in [0.3, 0.4) is 0 Å². The van der Waals surface area contributed by atoms with E-state index in [9.17, 15) is 9.18 Å². The summed E-state index contributed by atoms with van der Waals surface area (Å²) in [6.45, 7) is -0.734. The highest BCUT2D eigenvalue weighted by Crippen LogP contribution is 2.22. The van der Waals surface area contributed by atoms with Crippen molar-refractivity contribution in [1.29, 1.82) is 0 Å². The standard InChI is InChI=1S/C12H9ClFN3O2/c1-19-12(18)8-2-10(15-6-9(8)13)7-4-16-11(3-14)17-5-7/h2,4-6H,3H2,1H3. The van der Waals surface area contributed by atoms with Gasteiger partial charge in [-0.05, 0) is 6.07 Å². The molecule has 0 N–H and O–H groups in total. The van der Waals surface area contributed by atoms with E-state index in [0.717, 1.165) is 0 Å². The van der Waals surface area contributed by atoms with E-state index < -0.39 is 12.6 Å². The quantitative estimate of drug-likeness (QED) is 0.809. The molecule has 0 aliphatic rings. The third-order valence-corrected chi connectivity index (χ3v) is 2.68. The van der Waals surface area contributed by atoms with Gasteiger partial charge >= 0.3 is 5.97 Å². The molecule has 0 aliphatic carbocycles. The van der Waals surface area contributed by atoms with Gasteiger partial charge in [-0.2, -0.15) is 0 Å². The van der Waals surface area contributed by atoms with Crippen molar-refractivity contribution in [1.82, 2.24) is 15.0 Å². The second-order valence-corrected chi connectivity index (χ2v) is 3.97. The Bertz CT molecular complexity index is 604. The van der Waals surface area contributed by atoms with Gasteiger partial charge in [0.05, 0.1) is 23.4 Å². The first kappa shape index (κ1) is 13.4. The van der Waals surface area contributed by atoms with Crippen LogP contribution < -0.4 is 0 Å². The van der Waals surface area contributed by atoms with Crippen LogP contribution >= 0.6 is 11.6 Å². The molecule has 0 radical (unpaired) electrons. The zero-order valence-electron chi connectivity index (χ0n) is 9.93. The summed E-state index contributed by atoms with van der Waals surface area (Å²) in [5.41, 5.74) is 1.21. The van der Waals surface area contributed by atoms with E-state index in [4.69, 9.17) is 11.6 Å². The second kappa shape index (κ2) is 5.71. The van der Waals surface area contributed by atoms with Gasteiger partial charge in [-0.3, -0.25) is 4.98 Å². The number of ether oxygens (including phenoxy) is 1. The van der Waals surface area contributed by atoms with Crippen LogP contribution in [0.5, 0.6) is 0 Å². The molecule has 98 valence electrons. The lowest BCUT2D eigenvalue weighted by atomic mass is 10.1. The fourth-order valence-electron chi connectivity index (χ4n) is 1.42. The zero-order chi connectivity index (χ0) is 13.8. The summed E-state index contributed by atoms with van der Waals surface area (Å²) in [6, 6.07) is 1.47. The fourth-order valence-corrected chi connectivity index (χ4v) is 1.60. The molecule has 2 rings (SSSR count). The summed E-state index contributed by atoms with van der Waals surface area (Å²) in [4.78, 5) is 23.2. The van der Waals surface area contributed by atoms with Crippen molar-refractivity contribution in [2.45, 2.75) is 6.67 Å². The fraction of sp³-hybridized carbons (Fsp3) is 0.167. The van der Waals surface area contributed by atoms with Gasteiger partial charge in [0.2, 0.25) is 0 Å². The lowest BCUT2D eigenvalue weighted by Crippen LogP contribution is -2.03. The third-order valence-electron chi connectivity index (χ3n) is 2.38. The van der Waals surface area contributed by atoms with E-state index in [0.29, 0.717) is 11.3 Å². The molecule has 0 spiro atoms. The number of halogens is 2. The molecule has 19 heavy (non-hydrogen) atoms. The predicted octanol–water partition coefficient (Wildman–Crippen LogP) is 2.45. The highest BCUT2D eigenvalue weighted by molar-refractivity contribution is 6.33. The SMILES string of the molecule is COC(=O)c1cc(-c2cnc(CF)nc2)ncc1Cl. The molecule has 0 saturated carbocycles. The minimum absolute atomic E-state index is 0.0888. The normalized spacial score (nSPS) is 10.3. The van der Waals surface area contributed by atoms with Crippen molar-refractivity contribution >= 4 is 17.6 Å². The van der Waals surface area contributed by atoms with E-state index in [1.807, 2.05) is 0 Å². The Balaban J connectivity index is 2.42. The summed E-state index contributed by atoms with van der Waals surface area (Å²) < 4.78 is 16.9. The second-order valence-electron chi connectivity index (χ2n) is 3.56. The zero-order valence-corrected chi connectivity index (χ0v) is 10.7. The lowest BCUT2D eigenvalue weighted by Gasteiger charge is -2.05. The van der Waals surface area contributed by atoms with Crippen molar-refractivity contribution in [3.05, 3.63) is 41.1 Å². The van der Waals surface area contributed by atoms with Crippen LogP contribution in [0.15, 0.2) is 24.7 Å². The van der Waals surface area contributed by atoms with Gasteiger partial charge in [0.25, 0.3) is 0 Å². The molecule has 2 aromatic rings. The molecule has 0 atom stereocenters. The number of hydrogen-bond acceptors (Lipinski definition) is 5. The molecule has 0 bridgehead atoms. The van der Waals surface area contributed by atoms with Crippen molar-refractivity contribution < 1.29 is 13.9 Å². The van der Waals surface area contributed by atoms with Gasteiger partial charge in [0.15, 0.2) is 5.82 Å². The lowest BCUT2D eigenvalue weighted by molar-refractivity contribution is 0.0601. The van der Waals surface area contributed by atoms with Crippen molar-refractivity contribution in [2.24, 2.45) is 0 Å². The van der Waals surface area contributed by atoms with Crippen molar-refractivity contribution in [3.63, 3.8) is 0 Å². The molecule has 5 nitrogen and oxygen atoms in total. The van der Waals surface area contributed by atoms with Crippen LogP contribution in [-0.2, 0) is 11.4 Å². The van der Waals surface area contributed by atoms with Crippen LogP contribution in [0.1, 0.15) is 16.2 Å². The average Bonchev–Trinajstić information content (AvgIpc) is 2.47. The maximum Gasteiger partial charge on any atom is 0.339 e. The van der Waals surface area contributed by atoms with Crippen LogP contribution in [0.25, 0.3) is 11.3 Å². The largest absolute Gasteiger partial charge is 0.465 e. The summed E-state index contributed by atoms with van der Waals surface area (Å²) in [7, 11) is 1.26. The monoisotopic (exact) mass is 281 g/mol. The van der Waals surface area contributed by atoms with E-state index >= 15 is 0 Å². The van der Waals surface area contributed by atoms with E-state index in [1.54, 1.807) is 0 Å². The smallest absolute Gasteiger partial charge is 0.339 e. The van der Waals surface area contributed by atoms with Gasteiger partial charge in [-0.15, -0.1) is 0 Å². The van der Waals surface area contributed by atoms with Crippen LogP contribution in [0, 0.1) is 0 Å². The van der Waals surface area contributed by atoms with Crippen molar-refractivity contribution in [3.8, 4) is 11.3 Å². The first-order valence-electron chi connectivity index (χ1n) is 5.27. The Morgan fingerprint density at radius 2 is 2.00 bits per heavy atom. The summed E-state index contributed by atoms with van der Waals surface area (Å²) in [6.07, 6.45) is 4.20. The average molecular weight is 282 g/mol. The molecule has 0 fully saturated rings. The van der Waals surface area contributed by atoms with Gasteiger partial charge < -0.3 is 4.74 Å². The Labute approximate surface area is 113 Å². The number of alkyl halides is 1. The van der Waals surface area contributed by atoms with Gasteiger partial charge in [-0.1, -0.05) is 11.6 Å². The first-order chi connectivity index (χ1) is 9.15. The highest BCUT2D eigenvalue weighted by atomic mass is 35.5. The molecule has 0 aliphatic heterocycles. The number of carbonyl (C=O) groups is 1. The summed E-state index contributed by atoms with van der Waals surface area (Å²) in [5.74, 6) is -0.471. The maximum absolute atomic E-state index is 12.3. The summed E-state index contributed by atoms with van der Waals surface area (Å²) >= 11 is 5.86. The minimum Gasteiger partial charge on any atom is -0.465 e. The predicted molar refractivity (Wildman–Crippen MR) is 66.4 cm³/mol. The number of methoxy groups -OCH3 is 1. The maximum atomic E-state index is 12.3. The van der Waals surface area contributed by atoms with Crippen LogP contribution in [0.2, 0.25) is 5.02 Å². The van der Waals surface area contributed by atoms with Crippen LogP contribution in [0.4, 0.5) is 4.39 Å². The molecule has 0 amide bonds. The molecule has 2 heterocycles. The Hall–Kier alpha value is -2.08.